The van der Waals surface area contributed by atoms with E-state index in [1.807, 2.05) is 38.2 Å². The van der Waals surface area contributed by atoms with E-state index < -0.39 is 0 Å². The van der Waals surface area contributed by atoms with Crippen LogP contribution in [-0.2, 0) is 18.6 Å². The van der Waals surface area contributed by atoms with Gasteiger partial charge in [0, 0.05) is 46.9 Å². The fraction of sp³-hybridized carbons (Fsp3) is 0.286. The average molecular weight is 481 g/mol. The third-order valence-corrected chi connectivity index (χ3v) is 2.54. The van der Waals surface area contributed by atoms with E-state index in [4.69, 9.17) is 5.21 Å². The summed E-state index contributed by atoms with van der Waals surface area (Å²) in [6.45, 7) is 3.58. The number of benzene rings is 1. The third-order valence-electron chi connectivity index (χ3n) is 2.54. The number of hydrogen-bond acceptors (Lipinski definition) is 4. The first-order valence-electron chi connectivity index (χ1n) is 5.76. The van der Waals surface area contributed by atoms with E-state index in [-0.39, 0.29) is 65.5 Å². The van der Waals surface area contributed by atoms with Crippen LogP contribution in [0.4, 0.5) is 5.69 Å². The van der Waals surface area contributed by atoms with Crippen LogP contribution in [0.5, 0.6) is 0 Å². The normalized spacial score (nSPS) is 11.1. The smallest absolute Gasteiger partial charge is 0.610 e. The van der Waals surface area contributed by atoms with Crippen molar-refractivity contribution in [2.45, 2.75) is 13.8 Å². The Hall–Kier alpha value is -0.196. The van der Waals surface area contributed by atoms with Crippen LogP contribution >= 0.6 is 0 Å². The Bertz CT molecular complexity index is 506. The van der Waals surface area contributed by atoms with Gasteiger partial charge in [0.15, 0.2) is 0 Å². The van der Waals surface area contributed by atoms with Gasteiger partial charge in [-0.05, 0) is 21.0 Å². The molecule has 1 N–H and O–H groups in total. The van der Waals surface area contributed by atoms with Crippen molar-refractivity contribution >= 4 is 24.0 Å². The quantitative estimate of drug-likeness (QED) is 0.176. The molecule has 0 aliphatic heterocycles. The molecule has 0 atom stereocenters. The molecule has 5 nitrogen and oxygen atoms in total. The minimum atomic E-state index is 0. The summed E-state index contributed by atoms with van der Waals surface area (Å²) >= 11 is 0. The maximum absolute atomic E-state index is 8.84. The van der Waals surface area contributed by atoms with Crippen molar-refractivity contribution in [2.75, 3.05) is 14.1 Å². The summed E-state index contributed by atoms with van der Waals surface area (Å²) in [5.74, 6) is 0. The molecule has 0 spiro atoms. The zero-order valence-electron chi connectivity index (χ0n) is 12.3. The van der Waals surface area contributed by atoms with Gasteiger partial charge < -0.3 is 32.3 Å². The van der Waals surface area contributed by atoms with Gasteiger partial charge in [-0.25, -0.2) is 0 Å². The standard InChI is InChI=1S/C14H17N4O.V.Yb/c1-11(9-15-3)18(4)10-16-14-8-6-5-7-13(14)12(2)17-19;;/h5-8,19H,1-4H3;;/q-3;+2;. The first-order chi connectivity index (χ1) is 9.10. The van der Waals surface area contributed by atoms with E-state index in [9.17, 15) is 0 Å². The minimum absolute atomic E-state index is 0. The van der Waals surface area contributed by atoms with Crippen molar-refractivity contribution < 1.29 is 70.7 Å². The Balaban J connectivity index is 0. The van der Waals surface area contributed by atoms with E-state index in [0.29, 0.717) is 11.4 Å². The van der Waals surface area contributed by atoms with Crippen molar-refractivity contribution in [1.82, 2.24) is 4.90 Å². The molecule has 0 unspecified atom stereocenters. The average Bonchev–Trinajstić information content (AvgIpc) is 2.44. The number of rotatable bonds is 5. The summed E-state index contributed by atoms with van der Waals surface area (Å²) < 4.78 is 0. The Labute approximate surface area is 176 Å². The summed E-state index contributed by atoms with van der Waals surface area (Å²) in [7, 11) is 3.47. The monoisotopic (exact) mass is 482 g/mol. The second kappa shape index (κ2) is 12.4. The van der Waals surface area contributed by atoms with Gasteiger partial charge in [0.1, 0.15) is 0 Å². The first kappa shape index (κ1) is 23.1. The number of oxime groups is 1. The van der Waals surface area contributed by atoms with Crippen LogP contribution in [0.15, 0.2) is 39.4 Å². The largest absolute Gasteiger partial charge is 2.00 e. The van der Waals surface area contributed by atoms with Gasteiger partial charge in [-0.3, -0.25) is 0 Å². The summed E-state index contributed by atoms with van der Waals surface area (Å²) in [5.41, 5.74) is 1.95. The zero-order chi connectivity index (χ0) is 14.3. The molecule has 1 aromatic rings. The minimum Gasteiger partial charge on any atom is -0.610 e. The number of aliphatic imine (C=N–C) groups is 2. The fourth-order valence-electron chi connectivity index (χ4n) is 1.37. The molecule has 0 heterocycles. The predicted molar refractivity (Wildman–Crippen MR) is 77.6 cm³/mol. The van der Waals surface area contributed by atoms with Gasteiger partial charge in [0.05, 0.1) is 5.71 Å². The summed E-state index contributed by atoms with van der Waals surface area (Å²) in [6, 6.07) is 8.20. The molecule has 0 aliphatic carbocycles. The molecule has 21 heavy (non-hydrogen) atoms. The van der Waals surface area contributed by atoms with Crippen molar-refractivity contribution in [3.63, 3.8) is 0 Å². The molecule has 0 amide bonds. The molecule has 0 bridgehead atoms. The van der Waals surface area contributed by atoms with E-state index in [0.717, 1.165) is 11.6 Å². The number of para-hydroxylation sites is 1. The molecular formula is C14H17N4OVYb-. The van der Waals surface area contributed by atoms with Crippen LogP contribution in [0, 0.1) is 53.0 Å². The van der Waals surface area contributed by atoms with Gasteiger partial charge in [0.25, 0.3) is 0 Å². The second-order valence-electron chi connectivity index (χ2n) is 3.89. The van der Waals surface area contributed by atoms with Crippen LogP contribution in [0.3, 0.4) is 0 Å². The van der Waals surface area contributed by atoms with E-state index in [2.05, 4.69) is 27.7 Å². The van der Waals surface area contributed by atoms with Gasteiger partial charge >= 0.3 is 18.6 Å². The molecule has 0 fully saturated rings. The maximum atomic E-state index is 8.84. The Kier molecular flexibility index (Phi) is 13.6. The van der Waals surface area contributed by atoms with Gasteiger partial charge in [-0.15, -0.1) is 12.4 Å². The maximum Gasteiger partial charge on any atom is 2.00 e. The predicted octanol–water partition coefficient (Wildman–Crippen LogP) is 2.48. The van der Waals surface area contributed by atoms with E-state index in [1.165, 1.54) is 0 Å². The SMILES string of the molecule is CN=[C-][C-](C)N(C)[C-]=Nc1ccccc1C(C)=NO.[V+2].[Yb]. The molecule has 7 heteroatoms. The second-order valence-corrected chi connectivity index (χ2v) is 3.89. The molecular weight excluding hydrogens is 464 g/mol. The molecule has 1 aromatic carbocycles. The third kappa shape index (κ3) is 7.57. The molecule has 0 saturated heterocycles. The van der Waals surface area contributed by atoms with E-state index in [1.54, 1.807) is 18.9 Å². The van der Waals surface area contributed by atoms with Crippen LogP contribution < -0.4 is 0 Å². The van der Waals surface area contributed by atoms with E-state index >= 15 is 0 Å². The first-order valence-corrected chi connectivity index (χ1v) is 5.76. The van der Waals surface area contributed by atoms with Crippen molar-refractivity contribution in [3.8, 4) is 0 Å². The van der Waals surface area contributed by atoms with Gasteiger partial charge in [-0.1, -0.05) is 34.6 Å². The van der Waals surface area contributed by atoms with Crippen molar-refractivity contribution in [1.29, 1.82) is 0 Å². The molecule has 0 aromatic heterocycles. The van der Waals surface area contributed by atoms with Crippen molar-refractivity contribution in [3.05, 3.63) is 35.9 Å². The summed E-state index contributed by atoms with van der Waals surface area (Å²) in [6.07, 6.45) is 5.68. The summed E-state index contributed by atoms with van der Waals surface area (Å²) in [5, 5.41) is 12.0. The van der Waals surface area contributed by atoms with Crippen LogP contribution in [0.2, 0.25) is 0 Å². The molecule has 119 valence electrons. The Morgan fingerprint density at radius 3 is 2.52 bits per heavy atom. The Morgan fingerprint density at radius 2 is 1.95 bits per heavy atom. The van der Waals surface area contributed by atoms with Gasteiger partial charge in [-0.2, -0.15) is 6.92 Å². The number of nitrogens with zero attached hydrogens (tertiary/aromatic N) is 4. The molecule has 1 rings (SSSR count). The zero-order valence-corrected chi connectivity index (χ0v) is 15.4. The molecule has 0 saturated carbocycles. The summed E-state index contributed by atoms with van der Waals surface area (Å²) in [4.78, 5) is 9.76. The topological polar surface area (TPSA) is 60.5 Å². The van der Waals surface area contributed by atoms with Crippen LogP contribution in [0.25, 0.3) is 0 Å². The van der Waals surface area contributed by atoms with Gasteiger partial charge in [0.2, 0.25) is 0 Å². The van der Waals surface area contributed by atoms with Crippen molar-refractivity contribution in [2.24, 2.45) is 15.1 Å². The fourth-order valence-corrected chi connectivity index (χ4v) is 1.37. The number of hydrogen-bond donors (Lipinski definition) is 1. The van der Waals surface area contributed by atoms with Crippen LogP contribution in [0.1, 0.15) is 19.4 Å². The molecule has 0 aliphatic rings. The van der Waals surface area contributed by atoms with Crippen LogP contribution in [-0.4, -0.2) is 42.5 Å². The molecule has 1 radical (unpaired) electrons. The Morgan fingerprint density at radius 1 is 1.33 bits per heavy atom.